The number of amides is 1. The van der Waals surface area contributed by atoms with E-state index in [9.17, 15) is 9.18 Å². The minimum atomic E-state index is -0.265. The van der Waals surface area contributed by atoms with E-state index >= 15 is 0 Å². The van der Waals surface area contributed by atoms with Gasteiger partial charge in [-0.1, -0.05) is 31.2 Å². The fraction of sp³-hybridized carbons (Fsp3) is 0.364. The molecule has 1 fully saturated rings. The van der Waals surface area contributed by atoms with Crippen LogP contribution in [-0.2, 0) is 4.79 Å². The average Bonchev–Trinajstić information content (AvgIpc) is 2.76. The zero-order valence-electron chi connectivity index (χ0n) is 17.0. The topological polar surface area (TPSA) is 60.0 Å². The van der Waals surface area contributed by atoms with Gasteiger partial charge < -0.3 is 15.1 Å². The van der Waals surface area contributed by atoms with E-state index in [0.717, 1.165) is 38.4 Å². The molecule has 0 aromatic heterocycles. The van der Waals surface area contributed by atoms with E-state index in [0.29, 0.717) is 17.0 Å². The number of para-hydroxylation sites is 1. The molecule has 6 nitrogen and oxygen atoms in total. The summed E-state index contributed by atoms with van der Waals surface area (Å²) >= 11 is 0. The first-order valence-corrected chi connectivity index (χ1v) is 9.96. The van der Waals surface area contributed by atoms with Crippen molar-refractivity contribution in [3.05, 3.63) is 59.9 Å². The molecule has 0 bridgehead atoms. The van der Waals surface area contributed by atoms with Crippen LogP contribution in [0.25, 0.3) is 0 Å². The van der Waals surface area contributed by atoms with Gasteiger partial charge in [0.05, 0.1) is 17.9 Å². The fourth-order valence-electron chi connectivity index (χ4n) is 3.28. The minimum absolute atomic E-state index is 0.109. The van der Waals surface area contributed by atoms with Gasteiger partial charge in [-0.05, 0) is 37.7 Å². The Morgan fingerprint density at radius 3 is 2.48 bits per heavy atom. The summed E-state index contributed by atoms with van der Waals surface area (Å²) in [5, 5.41) is 7.12. The average molecular weight is 397 g/mol. The summed E-state index contributed by atoms with van der Waals surface area (Å²) in [4.78, 5) is 16.4. The number of halogens is 1. The van der Waals surface area contributed by atoms with Crippen LogP contribution in [0.1, 0.15) is 19.4 Å². The number of nitrogens with one attached hydrogen (secondary N) is 2. The molecule has 0 aliphatic carbocycles. The van der Waals surface area contributed by atoms with Crippen molar-refractivity contribution >= 4 is 23.0 Å². The molecule has 2 aromatic rings. The molecule has 1 amide bonds. The van der Waals surface area contributed by atoms with Crippen molar-refractivity contribution in [3.8, 4) is 0 Å². The maximum atomic E-state index is 14.7. The number of hydrogen-bond acceptors (Lipinski definition) is 5. The molecule has 7 heteroatoms. The van der Waals surface area contributed by atoms with E-state index in [1.807, 2.05) is 36.4 Å². The Morgan fingerprint density at radius 1 is 1.10 bits per heavy atom. The van der Waals surface area contributed by atoms with Crippen LogP contribution >= 0.6 is 0 Å². The lowest BCUT2D eigenvalue weighted by atomic mass is 10.1. The summed E-state index contributed by atoms with van der Waals surface area (Å²) in [6, 6.07) is 14.6. The second kappa shape index (κ2) is 10.0. The molecule has 0 spiro atoms. The van der Waals surface area contributed by atoms with Crippen LogP contribution in [0, 0.1) is 5.82 Å². The maximum absolute atomic E-state index is 14.7. The zero-order chi connectivity index (χ0) is 20.6. The number of nitrogens with zero attached hydrogens (tertiary/aromatic N) is 3. The number of carbonyl (C=O) groups is 1. The number of likely N-dealkylation sites (N-methyl/N-ethyl adjacent to an activating group) is 1. The third-order valence-electron chi connectivity index (χ3n) is 5.10. The predicted octanol–water partition coefficient (Wildman–Crippen LogP) is 2.92. The van der Waals surface area contributed by atoms with Crippen molar-refractivity contribution in [2.45, 2.75) is 13.8 Å². The molecule has 2 N–H and O–H groups in total. The van der Waals surface area contributed by atoms with Gasteiger partial charge in [0.15, 0.2) is 0 Å². The molecule has 2 aromatic carbocycles. The number of hydrogen-bond donors (Lipinski definition) is 2. The van der Waals surface area contributed by atoms with Gasteiger partial charge in [0.1, 0.15) is 5.82 Å². The Labute approximate surface area is 171 Å². The Hall–Kier alpha value is -2.93. The quantitative estimate of drug-likeness (QED) is 0.557. The minimum Gasteiger partial charge on any atom is -0.376 e. The van der Waals surface area contributed by atoms with E-state index in [4.69, 9.17) is 0 Å². The van der Waals surface area contributed by atoms with Gasteiger partial charge >= 0.3 is 0 Å². The second-order valence-electron chi connectivity index (χ2n) is 7.04. The molecule has 29 heavy (non-hydrogen) atoms. The Bertz CT molecular complexity index is 848. The number of rotatable bonds is 7. The summed E-state index contributed by atoms with van der Waals surface area (Å²) in [7, 11) is 0. The van der Waals surface area contributed by atoms with Crippen LogP contribution in [0.15, 0.2) is 53.6 Å². The lowest BCUT2D eigenvalue weighted by Gasteiger charge is -2.35. The normalized spacial score (nSPS) is 15.3. The van der Waals surface area contributed by atoms with Crippen molar-refractivity contribution in [1.29, 1.82) is 0 Å². The number of carbonyl (C=O) groups excluding carboxylic acids is 1. The van der Waals surface area contributed by atoms with Gasteiger partial charge in [0.2, 0.25) is 0 Å². The van der Waals surface area contributed by atoms with E-state index in [1.165, 1.54) is 6.07 Å². The van der Waals surface area contributed by atoms with E-state index in [1.54, 1.807) is 13.0 Å². The van der Waals surface area contributed by atoms with Crippen LogP contribution in [0.4, 0.5) is 15.8 Å². The van der Waals surface area contributed by atoms with Gasteiger partial charge in [0.25, 0.3) is 5.91 Å². The second-order valence-corrected chi connectivity index (χ2v) is 7.04. The lowest BCUT2D eigenvalue weighted by molar-refractivity contribution is -0.119. The molecule has 1 saturated heterocycles. The molecular weight excluding hydrogens is 369 g/mol. The van der Waals surface area contributed by atoms with Crippen molar-refractivity contribution in [3.63, 3.8) is 0 Å². The standard InChI is InChI=1S/C22H28FN5O/c1-3-27-11-13-28(14-12-27)21-10-9-18(15-20(21)23)17(2)25-26-22(29)16-24-19-7-5-4-6-8-19/h4-10,15,24H,3,11-14,16H2,1-2H3,(H,26,29)/b25-17-. The molecule has 1 aliphatic rings. The van der Waals surface area contributed by atoms with E-state index in [-0.39, 0.29) is 18.3 Å². The highest BCUT2D eigenvalue weighted by Crippen LogP contribution is 2.22. The first-order valence-electron chi connectivity index (χ1n) is 9.96. The summed E-state index contributed by atoms with van der Waals surface area (Å²) < 4.78 is 14.7. The van der Waals surface area contributed by atoms with Crippen molar-refractivity contribution in [2.24, 2.45) is 5.10 Å². The molecule has 1 heterocycles. The third kappa shape index (κ3) is 5.77. The largest absolute Gasteiger partial charge is 0.376 e. The van der Waals surface area contributed by atoms with Crippen LogP contribution in [0.5, 0.6) is 0 Å². The van der Waals surface area contributed by atoms with Gasteiger partial charge in [-0.15, -0.1) is 0 Å². The Balaban J connectivity index is 1.55. The first kappa shape index (κ1) is 20.8. The van der Waals surface area contributed by atoms with Gasteiger partial charge in [-0.3, -0.25) is 4.79 Å². The summed E-state index contributed by atoms with van der Waals surface area (Å²) in [6.45, 7) is 8.56. The molecule has 154 valence electrons. The number of anilines is 2. The molecule has 0 unspecified atom stereocenters. The molecular formula is C22H28FN5O. The lowest BCUT2D eigenvalue weighted by Crippen LogP contribution is -2.46. The highest BCUT2D eigenvalue weighted by Gasteiger charge is 2.18. The molecule has 3 rings (SSSR count). The summed E-state index contributed by atoms with van der Waals surface area (Å²) in [5.74, 6) is -0.529. The first-order chi connectivity index (χ1) is 14.1. The SMILES string of the molecule is CCN1CCN(c2ccc(/C(C)=N\NC(=O)CNc3ccccc3)cc2F)CC1. The smallest absolute Gasteiger partial charge is 0.259 e. The predicted molar refractivity (Wildman–Crippen MR) is 116 cm³/mol. The third-order valence-corrected chi connectivity index (χ3v) is 5.10. The van der Waals surface area contributed by atoms with E-state index < -0.39 is 0 Å². The van der Waals surface area contributed by atoms with Gasteiger partial charge in [-0.25, -0.2) is 9.82 Å². The summed E-state index contributed by atoms with van der Waals surface area (Å²) in [5.41, 5.74) is 5.19. The van der Waals surface area contributed by atoms with Crippen LogP contribution in [-0.4, -0.2) is 55.8 Å². The Morgan fingerprint density at radius 2 is 1.83 bits per heavy atom. The van der Waals surface area contributed by atoms with Crippen LogP contribution in [0.2, 0.25) is 0 Å². The van der Waals surface area contributed by atoms with Crippen LogP contribution in [0.3, 0.4) is 0 Å². The number of benzene rings is 2. The highest BCUT2D eigenvalue weighted by atomic mass is 19.1. The van der Waals surface area contributed by atoms with Crippen LogP contribution < -0.4 is 15.6 Å². The number of hydrazone groups is 1. The van der Waals surface area contributed by atoms with Crippen molar-refractivity contribution in [1.82, 2.24) is 10.3 Å². The molecule has 0 atom stereocenters. The molecule has 0 radical (unpaired) electrons. The Kier molecular flexibility index (Phi) is 7.19. The molecule has 1 aliphatic heterocycles. The fourth-order valence-corrected chi connectivity index (χ4v) is 3.28. The monoisotopic (exact) mass is 397 g/mol. The highest BCUT2D eigenvalue weighted by molar-refractivity contribution is 5.99. The summed E-state index contributed by atoms with van der Waals surface area (Å²) in [6.07, 6.45) is 0. The van der Waals surface area contributed by atoms with Crippen molar-refractivity contribution in [2.75, 3.05) is 49.5 Å². The zero-order valence-corrected chi connectivity index (χ0v) is 17.0. The number of piperazine rings is 1. The van der Waals surface area contributed by atoms with Gasteiger partial charge in [0, 0.05) is 37.4 Å². The van der Waals surface area contributed by atoms with E-state index in [2.05, 4.69) is 32.6 Å². The molecule has 0 saturated carbocycles. The van der Waals surface area contributed by atoms with Gasteiger partial charge in [-0.2, -0.15) is 5.10 Å². The van der Waals surface area contributed by atoms with Crippen molar-refractivity contribution < 1.29 is 9.18 Å². The maximum Gasteiger partial charge on any atom is 0.259 e.